The van der Waals surface area contributed by atoms with Gasteiger partial charge in [-0.2, -0.15) is 0 Å². The zero-order valence-electron chi connectivity index (χ0n) is 14.5. The fourth-order valence-electron chi connectivity index (χ4n) is 2.53. The van der Waals surface area contributed by atoms with Crippen LogP contribution in [-0.2, 0) is 4.79 Å². The van der Waals surface area contributed by atoms with E-state index < -0.39 is 6.10 Å². The number of hydrogen-bond acceptors (Lipinski definition) is 2. The van der Waals surface area contributed by atoms with Gasteiger partial charge in [-0.3, -0.25) is 4.79 Å². The molecule has 2 aromatic rings. The Hall–Kier alpha value is -2.29. The van der Waals surface area contributed by atoms with Gasteiger partial charge >= 0.3 is 0 Å². The Morgan fingerprint density at radius 3 is 2.04 bits per heavy atom. The van der Waals surface area contributed by atoms with Gasteiger partial charge in [0.25, 0.3) is 5.91 Å². The topological polar surface area (TPSA) is 38.3 Å². The number of amides is 1. The van der Waals surface area contributed by atoms with Crippen molar-refractivity contribution in [1.29, 1.82) is 0 Å². The zero-order valence-corrected chi connectivity index (χ0v) is 14.5. The average molecular weight is 311 g/mol. The van der Waals surface area contributed by atoms with E-state index in [1.165, 1.54) is 5.56 Å². The minimum Gasteiger partial charge on any atom is -0.481 e. The Bertz CT molecular complexity index is 656. The van der Waals surface area contributed by atoms with Gasteiger partial charge in [0.1, 0.15) is 5.75 Å². The molecule has 2 aromatic carbocycles. The normalized spacial score (nSPS) is 13.3. The van der Waals surface area contributed by atoms with E-state index in [-0.39, 0.29) is 11.9 Å². The first-order valence-electron chi connectivity index (χ1n) is 7.97. The molecule has 0 spiro atoms. The number of carbonyl (C=O) groups excluding carboxylic acids is 1. The fourth-order valence-corrected chi connectivity index (χ4v) is 2.53. The van der Waals surface area contributed by atoms with Crippen LogP contribution in [0.4, 0.5) is 0 Å². The van der Waals surface area contributed by atoms with E-state index in [2.05, 4.69) is 11.4 Å². The maximum absolute atomic E-state index is 12.3. The van der Waals surface area contributed by atoms with Gasteiger partial charge in [-0.15, -0.1) is 0 Å². The molecule has 3 nitrogen and oxygen atoms in total. The summed E-state index contributed by atoms with van der Waals surface area (Å²) in [5, 5.41) is 3.00. The van der Waals surface area contributed by atoms with Crippen LogP contribution >= 0.6 is 0 Å². The summed E-state index contributed by atoms with van der Waals surface area (Å²) in [6.07, 6.45) is -0.538. The fraction of sp³-hybridized carbons (Fsp3) is 0.350. The SMILES string of the molecule is Cc1ccc([C@H](C)NC(=O)[C@@H](C)Oc2cc(C)cc(C)c2)cc1. The van der Waals surface area contributed by atoms with Crippen molar-refractivity contribution in [2.75, 3.05) is 0 Å². The monoisotopic (exact) mass is 311 g/mol. The van der Waals surface area contributed by atoms with E-state index >= 15 is 0 Å². The molecule has 0 aliphatic heterocycles. The van der Waals surface area contributed by atoms with Crippen molar-refractivity contribution in [3.05, 3.63) is 64.7 Å². The molecule has 0 aromatic heterocycles. The third-order valence-corrected chi connectivity index (χ3v) is 3.81. The molecule has 0 fully saturated rings. The van der Waals surface area contributed by atoms with Crippen molar-refractivity contribution >= 4 is 5.91 Å². The van der Waals surface area contributed by atoms with Crippen LogP contribution in [0.5, 0.6) is 5.75 Å². The van der Waals surface area contributed by atoms with Crippen LogP contribution in [0.2, 0.25) is 0 Å². The molecule has 1 N–H and O–H groups in total. The number of rotatable bonds is 5. The highest BCUT2D eigenvalue weighted by Crippen LogP contribution is 2.18. The number of benzene rings is 2. The van der Waals surface area contributed by atoms with Crippen molar-refractivity contribution in [2.45, 2.75) is 46.8 Å². The molecule has 23 heavy (non-hydrogen) atoms. The Morgan fingerprint density at radius 1 is 0.913 bits per heavy atom. The minimum absolute atomic E-state index is 0.0478. The summed E-state index contributed by atoms with van der Waals surface area (Å²) in [7, 11) is 0. The summed E-state index contributed by atoms with van der Waals surface area (Å²) in [4.78, 5) is 12.3. The molecule has 0 heterocycles. The minimum atomic E-state index is -0.538. The molecule has 3 heteroatoms. The van der Waals surface area contributed by atoms with Gasteiger partial charge in [0, 0.05) is 0 Å². The molecule has 0 saturated heterocycles. The van der Waals surface area contributed by atoms with Crippen LogP contribution in [0.15, 0.2) is 42.5 Å². The summed E-state index contributed by atoms with van der Waals surface area (Å²) in [5.41, 5.74) is 4.54. The molecule has 2 rings (SSSR count). The highest BCUT2D eigenvalue weighted by atomic mass is 16.5. The molecule has 1 amide bonds. The van der Waals surface area contributed by atoms with Crippen LogP contribution < -0.4 is 10.1 Å². The molecule has 122 valence electrons. The lowest BCUT2D eigenvalue weighted by Crippen LogP contribution is -2.37. The molecule has 0 unspecified atom stereocenters. The number of nitrogens with one attached hydrogen (secondary N) is 1. The van der Waals surface area contributed by atoms with E-state index in [0.29, 0.717) is 0 Å². The lowest BCUT2D eigenvalue weighted by Gasteiger charge is -2.19. The quantitative estimate of drug-likeness (QED) is 0.896. The second-order valence-corrected chi connectivity index (χ2v) is 6.22. The van der Waals surface area contributed by atoms with E-state index in [9.17, 15) is 4.79 Å². The molecule has 0 saturated carbocycles. The van der Waals surface area contributed by atoms with E-state index in [1.807, 2.05) is 64.1 Å². The largest absolute Gasteiger partial charge is 0.481 e. The maximum Gasteiger partial charge on any atom is 0.261 e. The van der Waals surface area contributed by atoms with Crippen LogP contribution in [0.1, 0.15) is 42.1 Å². The van der Waals surface area contributed by atoms with Gasteiger partial charge in [-0.1, -0.05) is 35.9 Å². The predicted molar refractivity (Wildman–Crippen MR) is 93.7 cm³/mol. The molecule has 0 bridgehead atoms. The van der Waals surface area contributed by atoms with Gasteiger partial charge < -0.3 is 10.1 Å². The number of ether oxygens (including phenoxy) is 1. The summed E-state index contributed by atoms with van der Waals surface area (Å²) in [5.74, 6) is 0.616. The zero-order chi connectivity index (χ0) is 17.0. The Kier molecular flexibility index (Phi) is 5.43. The number of aryl methyl sites for hydroxylation is 3. The Labute approximate surface area is 138 Å². The van der Waals surface area contributed by atoms with Crippen LogP contribution in [-0.4, -0.2) is 12.0 Å². The van der Waals surface area contributed by atoms with Gasteiger partial charge in [-0.05, 0) is 63.4 Å². The Balaban J connectivity index is 1.97. The smallest absolute Gasteiger partial charge is 0.261 e. The van der Waals surface area contributed by atoms with Gasteiger partial charge in [0.15, 0.2) is 6.10 Å². The maximum atomic E-state index is 12.3. The first kappa shape index (κ1) is 17.1. The van der Waals surface area contributed by atoms with Crippen molar-refractivity contribution in [3.63, 3.8) is 0 Å². The molecule has 2 atom stereocenters. The van der Waals surface area contributed by atoms with E-state index in [0.717, 1.165) is 22.4 Å². The molecule has 0 aliphatic carbocycles. The number of carbonyl (C=O) groups is 1. The lowest BCUT2D eigenvalue weighted by atomic mass is 10.1. The van der Waals surface area contributed by atoms with Crippen molar-refractivity contribution in [1.82, 2.24) is 5.32 Å². The van der Waals surface area contributed by atoms with E-state index in [4.69, 9.17) is 4.74 Å². The van der Waals surface area contributed by atoms with Crippen LogP contribution in [0, 0.1) is 20.8 Å². The van der Waals surface area contributed by atoms with Gasteiger partial charge in [0.05, 0.1) is 6.04 Å². The Morgan fingerprint density at radius 2 is 1.48 bits per heavy atom. The summed E-state index contributed by atoms with van der Waals surface area (Å²) < 4.78 is 5.78. The second-order valence-electron chi connectivity index (χ2n) is 6.22. The second kappa shape index (κ2) is 7.32. The van der Waals surface area contributed by atoms with Crippen LogP contribution in [0.25, 0.3) is 0 Å². The van der Waals surface area contributed by atoms with Crippen molar-refractivity contribution < 1.29 is 9.53 Å². The standard InChI is InChI=1S/C20H25NO2/c1-13-6-8-18(9-7-13)16(4)21-20(22)17(5)23-19-11-14(2)10-15(3)12-19/h6-12,16-17H,1-5H3,(H,21,22)/t16-,17+/m0/s1. The first-order valence-corrected chi connectivity index (χ1v) is 7.97. The van der Waals surface area contributed by atoms with Gasteiger partial charge in [0.2, 0.25) is 0 Å². The summed E-state index contributed by atoms with van der Waals surface area (Å²) >= 11 is 0. The average Bonchev–Trinajstić information content (AvgIpc) is 2.46. The van der Waals surface area contributed by atoms with Gasteiger partial charge in [-0.25, -0.2) is 0 Å². The molecule has 0 aliphatic rings. The summed E-state index contributed by atoms with van der Waals surface area (Å²) in [6, 6.07) is 14.1. The molecular weight excluding hydrogens is 286 g/mol. The molecule has 0 radical (unpaired) electrons. The summed E-state index contributed by atoms with van der Waals surface area (Å²) in [6.45, 7) is 9.84. The first-order chi connectivity index (χ1) is 10.8. The van der Waals surface area contributed by atoms with Crippen molar-refractivity contribution in [2.24, 2.45) is 0 Å². The van der Waals surface area contributed by atoms with E-state index in [1.54, 1.807) is 6.92 Å². The van der Waals surface area contributed by atoms with Crippen LogP contribution in [0.3, 0.4) is 0 Å². The highest BCUT2D eigenvalue weighted by molar-refractivity contribution is 5.81. The third-order valence-electron chi connectivity index (χ3n) is 3.81. The molecular formula is C20H25NO2. The third kappa shape index (κ3) is 4.85. The highest BCUT2D eigenvalue weighted by Gasteiger charge is 2.17. The lowest BCUT2D eigenvalue weighted by molar-refractivity contribution is -0.127. The predicted octanol–water partition coefficient (Wildman–Crippen LogP) is 4.26. The number of hydrogen-bond donors (Lipinski definition) is 1. The van der Waals surface area contributed by atoms with Crippen molar-refractivity contribution in [3.8, 4) is 5.75 Å².